The molecule has 0 unspecified atom stereocenters. The molecule has 2 aliphatic heterocycles. The second-order valence-corrected chi connectivity index (χ2v) is 11.8. The van der Waals surface area contributed by atoms with Crippen molar-refractivity contribution in [2.75, 3.05) is 25.2 Å². The maximum atomic E-state index is 14.9. The number of benzene rings is 3. The van der Waals surface area contributed by atoms with Crippen LogP contribution in [0.15, 0.2) is 54.6 Å². The summed E-state index contributed by atoms with van der Waals surface area (Å²) in [6.45, 7) is 5.54. The van der Waals surface area contributed by atoms with Gasteiger partial charge in [-0.15, -0.1) is 0 Å². The molecule has 258 valence electrons. The van der Waals surface area contributed by atoms with E-state index in [0.29, 0.717) is 64.8 Å². The van der Waals surface area contributed by atoms with E-state index in [4.69, 9.17) is 9.47 Å². The minimum Gasteiger partial charge on any atom is -0.462 e. The van der Waals surface area contributed by atoms with Crippen LogP contribution in [0.4, 0.5) is 32.0 Å². The number of fused-ring (bicyclic) bond motifs is 2. The highest BCUT2D eigenvalue weighted by atomic mass is 19.4. The number of hydrogen-bond donors (Lipinski definition) is 0. The van der Waals surface area contributed by atoms with Crippen LogP contribution >= 0.6 is 0 Å². The van der Waals surface area contributed by atoms with Gasteiger partial charge in [-0.05, 0) is 79.9 Å². The van der Waals surface area contributed by atoms with Crippen molar-refractivity contribution in [1.82, 2.24) is 4.90 Å². The highest BCUT2D eigenvalue weighted by Crippen LogP contribution is 2.57. The molecule has 5 rings (SSSR count). The number of imide groups is 2. The molecule has 0 saturated heterocycles. The monoisotopic (exact) mass is 690 g/mol. The normalized spacial score (nSPS) is 15.0. The van der Waals surface area contributed by atoms with Gasteiger partial charge in [-0.2, -0.15) is 26.3 Å². The number of alkyl halides is 6. The van der Waals surface area contributed by atoms with Gasteiger partial charge in [0.25, 0.3) is 23.6 Å². The lowest BCUT2D eigenvalue weighted by Crippen LogP contribution is -2.55. The van der Waals surface area contributed by atoms with Crippen molar-refractivity contribution in [3.8, 4) is 0 Å². The fraction of sp³-hybridized carbons (Fsp3) is 0.324. The van der Waals surface area contributed by atoms with Gasteiger partial charge in [0.05, 0.1) is 52.8 Å². The van der Waals surface area contributed by atoms with Crippen LogP contribution in [0.25, 0.3) is 0 Å². The fourth-order valence-corrected chi connectivity index (χ4v) is 5.92. The summed E-state index contributed by atoms with van der Waals surface area (Å²) in [5.74, 6) is -5.06. The van der Waals surface area contributed by atoms with E-state index in [9.17, 15) is 50.3 Å². The van der Waals surface area contributed by atoms with E-state index < -0.39 is 75.2 Å². The molecule has 9 nitrogen and oxygen atoms in total. The molecule has 0 aromatic heterocycles. The SMILES string of the molecule is Cc1cc(C(=O)OCCCOC(C)C)cc(N2C(=O)c3ccc(C(c4ccc5c(c4)C(=O)N(C)C5=O)(C(F)(F)F)C(F)(F)F)cc3C2=O)c1. The third kappa shape index (κ3) is 5.85. The zero-order valence-electron chi connectivity index (χ0n) is 26.4. The Morgan fingerprint density at radius 3 is 1.78 bits per heavy atom. The first kappa shape index (κ1) is 35.3. The van der Waals surface area contributed by atoms with Gasteiger partial charge in [-0.3, -0.25) is 24.1 Å². The smallest absolute Gasteiger partial charge is 0.411 e. The number of carbonyl (C=O) groups is 5. The van der Waals surface area contributed by atoms with E-state index in [1.54, 1.807) is 6.92 Å². The second kappa shape index (κ2) is 12.4. The number of halogens is 6. The number of esters is 1. The molecule has 49 heavy (non-hydrogen) atoms. The zero-order chi connectivity index (χ0) is 36.2. The third-order valence-corrected chi connectivity index (χ3v) is 8.22. The number of hydrogen-bond acceptors (Lipinski definition) is 7. The van der Waals surface area contributed by atoms with Gasteiger partial charge in [-0.1, -0.05) is 12.1 Å². The van der Waals surface area contributed by atoms with Gasteiger partial charge < -0.3 is 9.47 Å². The first-order valence-corrected chi connectivity index (χ1v) is 14.8. The van der Waals surface area contributed by atoms with Crippen LogP contribution in [0.1, 0.15) is 88.7 Å². The number of rotatable bonds is 9. The quantitative estimate of drug-likeness (QED) is 0.111. The highest BCUT2D eigenvalue weighted by molar-refractivity contribution is 6.34. The Balaban J connectivity index is 1.55. The summed E-state index contributed by atoms with van der Waals surface area (Å²) in [6.07, 6.45) is -11.8. The average molecular weight is 691 g/mol. The number of amides is 4. The van der Waals surface area contributed by atoms with Crippen molar-refractivity contribution in [2.45, 2.75) is 51.1 Å². The summed E-state index contributed by atoms with van der Waals surface area (Å²) in [5.41, 5.74) is -9.72. The Morgan fingerprint density at radius 1 is 0.714 bits per heavy atom. The van der Waals surface area contributed by atoms with Crippen molar-refractivity contribution < 1.29 is 59.8 Å². The minimum atomic E-state index is -6.09. The molecule has 2 heterocycles. The van der Waals surface area contributed by atoms with E-state index in [2.05, 4.69) is 0 Å². The van der Waals surface area contributed by atoms with E-state index >= 15 is 0 Å². The van der Waals surface area contributed by atoms with Gasteiger partial charge in [-0.25, -0.2) is 9.69 Å². The largest absolute Gasteiger partial charge is 0.462 e. The van der Waals surface area contributed by atoms with Crippen molar-refractivity contribution >= 4 is 35.3 Å². The lowest BCUT2D eigenvalue weighted by atomic mass is 9.71. The fourth-order valence-electron chi connectivity index (χ4n) is 5.92. The third-order valence-electron chi connectivity index (χ3n) is 8.22. The average Bonchev–Trinajstić information content (AvgIpc) is 3.38. The van der Waals surface area contributed by atoms with Gasteiger partial charge in [0.1, 0.15) is 0 Å². The molecule has 0 fully saturated rings. The summed E-state index contributed by atoms with van der Waals surface area (Å²) in [7, 11) is 1.03. The Hall–Kier alpha value is -5.05. The Labute approximate surface area is 275 Å². The molecule has 15 heteroatoms. The van der Waals surface area contributed by atoms with Crippen LogP contribution in [0.3, 0.4) is 0 Å². The van der Waals surface area contributed by atoms with Crippen LogP contribution in [-0.2, 0) is 14.9 Å². The molecule has 0 saturated carbocycles. The number of anilines is 1. The number of carbonyl (C=O) groups excluding carboxylic acids is 5. The molecule has 0 N–H and O–H groups in total. The number of ether oxygens (including phenoxy) is 2. The van der Waals surface area contributed by atoms with Crippen molar-refractivity contribution in [3.63, 3.8) is 0 Å². The predicted octanol–water partition coefficient (Wildman–Crippen LogP) is 6.40. The molecule has 2 aliphatic rings. The van der Waals surface area contributed by atoms with Gasteiger partial charge in [0.15, 0.2) is 0 Å². The summed E-state index contributed by atoms with van der Waals surface area (Å²) in [5, 5.41) is 0. The molecule has 4 amide bonds. The summed E-state index contributed by atoms with van der Waals surface area (Å²) in [4.78, 5) is 65.7. The molecule has 3 aromatic rings. The van der Waals surface area contributed by atoms with Gasteiger partial charge in [0.2, 0.25) is 5.41 Å². The molecule has 0 spiro atoms. The standard InChI is InChI=1S/C34H28F6N2O7/c1-17(2)48-10-5-11-49-31(47)19-12-18(3)13-22(14-19)42-29(45)24-9-7-21(16-26(24)30(42)46)32(33(35,36)37,34(38,39)40)20-6-8-23-25(15-20)28(44)41(4)27(23)43/h6-9,12-17H,5,10-11H2,1-4H3. The molecule has 0 radical (unpaired) electrons. The topological polar surface area (TPSA) is 110 Å². The number of nitrogens with zero attached hydrogens (tertiary/aromatic N) is 2. The minimum absolute atomic E-state index is 0.00380. The van der Waals surface area contributed by atoms with Crippen molar-refractivity contribution in [3.05, 3.63) is 99.1 Å². The van der Waals surface area contributed by atoms with Crippen molar-refractivity contribution in [1.29, 1.82) is 0 Å². The molecule has 0 bridgehead atoms. The maximum Gasteiger partial charge on any atom is 0.411 e. The van der Waals surface area contributed by atoms with Crippen LogP contribution < -0.4 is 4.90 Å². The first-order valence-electron chi connectivity index (χ1n) is 14.8. The molecule has 0 atom stereocenters. The Kier molecular flexibility index (Phi) is 8.95. The van der Waals surface area contributed by atoms with Crippen LogP contribution in [0, 0.1) is 6.92 Å². The molecule has 3 aromatic carbocycles. The lowest BCUT2D eigenvalue weighted by Gasteiger charge is -2.38. The van der Waals surface area contributed by atoms with E-state index in [1.165, 1.54) is 12.1 Å². The summed E-state index contributed by atoms with van der Waals surface area (Å²) >= 11 is 0. The van der Waals surface area contributed by atoms with Crippen LogP contribution in [0.5, 0.6) is 0 Å². The maximum absolute atomic E-state index is 14.9. The molecule has 0 aliphatic carbocycles. The van der Waals surface area contributed by atoms with E-state index in [-0.39, 0.29) is 29.5 Å². The molecular weight excluding hydrogens is 662 g/mol. The summed E-state index contributed by atoms with van der Waals surface area (Å²) < 4.78 is 100. The Bertz CT molecular complexity index is 1890. The lowest BCUT2D eigenvalue weighted by molar-refractivity contribution is -0.288. The molecular formula is C34H28F6N2O7. The van der Waals surface area contributed by atoms with Crippen molar-refractivity contribution in [2.24, 2.45) is 0 Å². The Morgan fingerprint density at radius 2 is 1.22 bits per heavy atom. The summed E-state index contributed by atoms with van der Waals surface area (Å²) in [6, 6.07) is 6.94. The first-order chi connectivity index (χ1) is 22.8. The van der Waals surface area contributed by atoms with Crippen LogP contribution in [-0.4, -0.2) is 73.2 Å². The second-order valence-electron chi connectivity index (χ2n) is 11.8. The zero-order valence-corrected chi connectivity index (χ0v) is 26.4. The van der Waals surface area contributed by atoms with E-state index in [1.807, 2.05) is 13.8 Å². The van der Waals surface area contributed by atoms with Gasteiger partial charge >= 0.3 is 18.3 Å². The highest BCUT2D eigenvalue weighted by Gasteiger charge is 2.73. The van der Waals surface area contributed by atoms with Gasteiger partial charge in [0, 0.05) is 13.5 Å². The predicted molar refractivity (Wildman–Crippen MR) is 161 cm³/mol. The van der Waals surface area contributed by atoms with Crippen LogP contribution in [0.2, 0.25) is 0 Å². The van der Waals surface area contributed by atoms with E-state index in [0.717, 1.165) is 13.1 Å². The number of aryl methyl sites for hydroxylation is 1.